The molecule has 1 aliphatic heterocycles. The number of hydrogen-bond acceptors (Lipinski definition) is 4. The van der Waals surface area contributed by atoms with E-state index in [-0.39, 0.29) is 11.7 Å². The van der Waals surface area contributed by atoms with Gasteiger partial charge in [0.15, 0.2) is 11.5 Å². The van der Waals surface area contributed by atoms with Crippen LogP contribution in [0.4, 0.5) is 0 Å². The smallest absolute Gasteiger partial charge is 0.271 e. The van der Waals surface area contributed by atoms with E-state index in [0.717, 1.165) is 12.2 Å². The molecule has 2 N–H and O–H groups in total. The molecule has 1 amide bonds. The lowest BCUT2D eigenvalue weighted by Gasteiger charge is -2.18. The molecule has 0 spiro atoms. The number of carbonyl (C=O) groups is 2. The van der Waals surface area contributed by atoms with E-state index in [1.165, 1.54) is 0 Å². The molecule has 0 bridgehead atoms. The van der Waals surface area contributed by atoms with Gasteiger partial charge in [0.2, 0.25) is 5.78 Å². The maximum absolute atomic E-state index is 12.6. The molecule has 0 saturated heterocycles. The molecule has 3 rings (SSSR count). The van der Waals surface area contributed by atoms with E-state index >= 15 is 0 Å². The summed E-state index contributed by atoms with van der Waals surface area (Å²) in [4.78, 5) is 28.8. The highest BCUT2D eigenvalue weighted by Gasteiger charge is 2.27. The average Bonchev–Trinajstić information content (AvgIpc) is 3.02. The second kappa shape index (κ2) is 7.69. The van der Waals surface area contributed by atoms with Gasteiger partial charge < -0.3 is 15.2 Å². The summed E-state index contributed by atoms with van der Waals surface area (Å²) in [6.45, 7) is 5.93. The monoisotopic (exact) mass is 314 g/mol. The van der Waals surface area contributed by atoms with Crippen molar-refractivity contribution in [2.24, 2.45) is 0 Å². The van der Waals surface area contributed by atoms with Gasteiger partial charge in [-0.15, -0.1) is 0 Å². The second-order valence-electron chi connectivity index (χ2n) is 4.83. The highest BCUT2D eigenvalue weighted by molar-refractivity contribution is 6.07. The molecule has 2 aromatic rings. The van der Waals surface area contributed by atoms with Crippen molar-refractivity contribution in [3.63, 3.8) is 0 Å². The van der Waals surface area contributed by atoms with E-state index in [2.05, 4.69) is 15.6 Å². The first-order chi connectivity index (χ1) is 11.2. The summed E-state index contributed by atoms with van der Waals surface area (Å²) < 4.78 is 1.84. The Hall–Kier alpha value is -2.47. The van der Waals surface area contributed by atoms with E-state index in [0.29, 0.717) is 30.2 Å². The summed E-state index contributed by atoms with van der Waals surface area (Å²) in [5.41, 5.74) is 1.66. The van der Waals surface area contributed by atoms with Crippen LogP contribution in [0.1, 0.15) is 46.2 Å². The average molecular weight is 314 g/mol. The van der Waals surface area contributed by atoms with Crippen molar-refractivity contribution in [3.05, 3.63) is 53.1 Å². The van der Waals surface area contributed by atoms with Crippen molar-refractivity contribution in [1.82, 2.24) is 20.2 Å². The summed E-state index contributed by atoms with van der Waals surface area (Å²) in [5.74, 6) is -0.0974. The van der Waals surface area contributed by atoms with Crippen LogP contribution in [0.3, 0.4) is 0 Å². The number of amides is 1. The highest BCUT2D eigenvalue weighted by atomic mass is 16.2. The van der Waals surface area contributed by atoms with Gasteiger partial charge in [-0.05, 0) is 0 Å². The van der Waals surface area contributed by atoms with Crippen molar-refractivity contribution < 1.29 is 9.59 Å². The molecule has 2 heterocycles. The van der Waals surface area contributed by atoms with Crippen LogP contribution in [0.25, 0.3) is 0 Å². The van der Waals surface area contributed by atoms with Gasteiger partial charge in [-0.1, -0.05) is 44.2 Å². The fraction of sp³-hybridized carbons (Fsp3) is 0.353. The minimum Gasteiger partial charge on any atom is -0.354 e. The number of ketones is 1. The van der Waals surface area contributed by atoms with Gasteiger partial charge in [0, 0.05) is 32.2 Å². The van der Waals surface area contributed by atoms with Crippen LogP contribution in [0.15, 0.2) is 30.3 Å². The van der Waals surface area contributed by atoms with Crippen molar-refractivity contribution in [2.45, 2.75) is 26.9 Å². The quantitative estimate of drug-likeness (QED) is 0.844. The Labute approximate surface area is 135 Å². The number of fused-ring (bicyclic) bond motifs is 1. The number of benzene rings is 1. The first-order valence-corrected chi connectivity index (χ1v) is 7.84. The lowest BCUT2D eigenvalue weighted by molar-refractivity contribution is 0.0957. The fourth-order valence-electron chi connectivity index (χ4n) is 2.50. The minimum absolute atomic E-state index is 0.158. The predicted molar refractivity (Wildman–Crippen MR) is 88.5 cm³/mol. The van der Waals surface area contributed by atoms with Gasteiger partial charge in [0.25, 0.3) is 5.91 Å². The maximum Gasteiger partial charge on any atom is 0.271 e. The van der Waals surface area contributed by atoms with Gasteiger partial charge in [-0.3, -0.25) is 9.59 Å². The zero-order valence-corrected chi connectivity index (χ0v) is 13.7. The van der Waals surface area contributed by atoms with Crippen LogP contribution in [0.5, 0.6) is 0 Å². The van der Waals surface area contributed by atoms with Gasteiger partial charge >= 0.3 is 0 Å². The van der Waals surface area contributed by atoms with E-state index in [9.17, 15) is 9.59 Å². The van der Waals surface area contributed by atoms with Crippen molar-refractivity contribution in [3.8, 4) is 0 Å². The van der Waals surface area contributed by atoms with Gasteiger partial charge in [0.05, 0.1) is 5.69 Å². The Kier molecular flexibility index (Phi) is 5.65. The van der Waals surface area contributed by atoms with E-state index in [1.54, 1.807) is 19.2 Å². The molecule has 6 nitrogen and oxygen atoms in total. The van der Waals surface area contributed by atoms with E-state index < -0.39 is 0 Å². The normalized spacial score (nSPS) is 12.7. The molecule has 122 valence electrons. The topological polar surface area (TPSA) is 76.0 Å². The summed E-state index contributed by atoms with van der Waals surface area (Å²) in [5, 5.41) is 5.77. The van der Waals surface area contributed by atoms with Crippen LogP contribution >= 0.6 is 0 Å². The largest absolute Gasteiger partial charge is 0.354 e. The van der Waals surface area contributed by atoms with Crippen LogP contribution in [-0.2, 0) is 13.1 Å². The molecule has 1 aromatic heterocycles. The fourth-order valence-corrected chi connectivity index (χ4v) is 2.50. The molecule has 0 radical (unpaired) electrons. The van der Waals surface area contributed by atoms with Crippen LogP contribution in [-0.4, -0.2) is 34.8 Å². The summed E-state index contributed by atoms with van der Waals surface area (Å²) in [6, 6.07) is 9.00. The minimum atomic E-state index is -0.269. The Balaban J connectivity index is 0.000000924. The van der Waals surface area contributed by atoms with Crippen molar-refractivity contribution in [1.29, 1.82) is 0 Å². The summed E-state index contributed by atoms with van der Waals surface area (Å²) >= 11 is 0. The van der Waals surface area contributed by atoms with E-state index in [1.807, 2.05) is 36.6 Å². The molecule has 0 unspecified atom stereocenters. The molecule has 6 heteroatoms. The zero-order valence-electron chi connectivity index (χ0n) is 13.7. The number of aromatic nitrogens is 2. The number of imidazole rings is 1. The molecular formula is C17H22N4O2. The Morgan fingerprint density at radius 1 is 1.22 bits per heavy atom. The molecule has 0 fully saturated rings. The predicted octanol–water partition coefficient (Wildman–Crippen LogP) is 1.60. The third-order valence-electron chi connectivity index (χ3n) is 3.56. The van der Waals surface area contributed by atoms with Gasteiger partial charge in [-0.2, -0.15) is 0 Å². The van der Waals surface area contributed by atoms with Crippen molar-refractivity contribution >= 4 is 11.7 Å². The van der Waals surface area contributed by atoms with Crippen molar-refractivity contribution in [2.75, 3.05) is 13.6 Å². The van der Waals surface area contributed by atoms with Gasteiger partial charge in [-0.25, -0.2) is 4.98 Å². The van der Waals surface area contributed by atoms with Gasteiger partial charge in [0.1, 0.15) is 0 Å². The summed E-state index contributed by atoms with van der Waals surface area (Å²) in [6.07, 6.45) is 0. The number of nitrogens with zero attached hydrogens (tertiary/aromatic N) is 2. The molecule has 0 atom stereocenters. The van der Waals surface area contributed by atoms with Crippen LogP contribution < -0.4 is 10.6 Å². The molecule has 1 aliphatic rings. The first kappa shape index (κ1) is 16.9. The second-order valence-corrected chi connectivity index (χ2v) is 4.83. The standard InChI is InChI=1S/C15H16N4O2.C2H6/c1-16-15(21)12-11-9-17-7-8-19(11)14(18-12)13(20)10-5-3-2-4-6-10;1-2/h2-6,17H,7-9H2,1H3,(H,16,21);1-2H3. The zero-order chi connectivity index (χ0) is 16.8. The Morgan fingerprint density at radius 3 is 2.57 bits per heavy atom. The maximum atomic E-state index is 12.6. The molecule has 0 saturated carbocycles. The van der Waals surface area contributed by atoms with E-state index in [4.69, 9.17) is 0 Å². The molecular weight excluding hydrogens is 292 g/mol. The third kappa shape index (κ3) is 3.32. The number of carbonyl (C=O) groups excluding carboxylic acids is 2. The van der Waals surface area contributed by atoms with Crippen LogP contribution in [0, 0.1) is 0 Å². The Bertz CT molecular complexity index is 692. The van der Waals surface area contributed by atoms with Crippen LogP contribution in [0.2, 0.25) is 0 Å². The Morgan fingerprint density at radius 2 is 1.91 bits per heavy atom. The first-order valence-electron chi connectivity index (χ1n) is 7.84. The SMILES string of the molecule is CC.CNC(=O)c1nc(C(=O)c2ccccc2)n2c1CNCC2. The summed E-state index contributed by atoms with van der Waals surface area (Å²) in [7, 11) is 1.56. The number of rotatable bonds is 3. The lowest BCUT2D eigenvalue weighted by atomic mass is 10.1. The molecule has 0 aliphatic carbocycles. The third-order valence-corrected chi connectivity index (χ3v) is 3.56. The lowest BCUT2D eigenvalue weighted by Crippen LogP contribution is -2.31. The number of hydrogen-bond donors (Lipinski definition) is 2. The molecule has 1 aromatic carbocycles. The molecule has 23 heavy (non-hydrogen) atoms. The number of nitrogens with one attached hydrogen (secondary N) is 2. The highest BCUT2D eigenvalue weighted by Crippen LogP contribution is 2.18.